The zero-order valence-corrected chi connectivity index (χ0v) is 17.7. The Labute approximate surface area is 182 Å². The maximum atomic E-state index is 12.5. The number of piperazine rings is 1. The molecular weight excluding hydrogens is 402 g/mol. The van der Waals surface area contributed by atoms with Gasteiger partial charge in [0, 0.05) is 50.0 Å². The molecule has 1 fully saturated rings. The predicted octanol–water partition coefficient (Wildman–Crippen LogP) is 2.59. The van der Waals surface area contributed by atoms with Crippen LogP contribution in [0.1, 0.15) is 11.1 Å². The van der Waals surface area contributed by atoms with Gasteiger partial charge in [-0.15, -0.1) is 0 Å². The van der Waals surface area contributed by atoms with Crippen LogP contribution in [0.4, 0.5) is 5.69 Å². The van der Waals surface area contributed by atoms with Gasteiger partial charge in [-0.2, -0.15) is 0 Å². The number of amides is 2. The lowest BCUT2D eigenvalue weighted by Gasteiger charge is -2.36. The van der Waals surface area contributed by atoms with Crippen LogP contribution >= 0.6 is 11.6 Å². The van der Waals surface area contributed by atoms with Gasteiger partial charge in [-0.3, -0.25) is 9.59 Å². The summed E-state index contributed by atoms with van der Waals surface area (Å²) in [5, 5.41) is 0.710. The molecule has 0 radical (unpaired) electrons. The number of benzene rings is 2. The van der Waals surface area contributed by atoms with E-state index in [2.05, 4.69) is 17.0 Å². The predicted molar refractivity (Wildman–Crippen MR) is 117 cm³/mol. The molecule has 0 unspecified atom stereocenters. The zero-order valence-electron chi connectivity index (χ0n) is 16.9. The molecule has 0 spiro atoms. The highest BCUT2D eigenvalue weighted by atomic mass is 35.5. The number of nitrogens with zero attached hydrogens (tertiary/aromatic N) is 3. The molecule has 158 valence electrons. The van der Waals surface area contributed by atoms with E-state index in [1.807, 2.05) is 36.4 Å². The quantitative estimate of drug-likeness (QED) is 0.736. The number of rotatable bonds is 5. The molecule has 4 rings (SSSR count). The number of hydrogen-bond donors (Lipinski definition) is 0. The minimum atomic E-state index is -0.0717. The summed E-state index contributed by atoms with van der Waals surface area (Å²) in [6.45, 7) is 3.94. The van der Waals surface area contributed by atoms with Crippen molar-refractivity contribution in [2.45, 2.75) is 13.0 Å². The highest BCUT2D eigenvalue weighted by molar-refractivity contribution is 6.30. The number of hydrogen-bond acceptors (Lipinski definition) is 4. The Morgan fingerprint density at radius 2 is 1.53 bits per heavy atom. The number of fused-ring (bicyclic) bond motifs is 1. The molecule has 1 saturated heterocycles. The zero-order chi connectivity index (χ0) is 20.9. The summed E-state index contributed by atoms with van der Waals surface area (Å²) in [6.07, 6.45) is 0.859. The van der Waals surface area contributed by atoms with E-state index in [0.717, 1.165) is 25.2 Å². The molecule has 2 aromatic carbocycles. The van der Waals surface area contributed by atoms with Crippen molar-refractivity contribution in [1.82, 2.24) is 9.80 Å². The third-order valence-corrected chi connectivity index (χ3v) is 5.98. The molecule has 0 N–H and O–H groups in total. The van der Waals surface area contributed by atoms with E-state index in [9.17, 15) is 9.59 Å². The third kappa shape index (κ3) is 4.94. The normalized spacial score (nSPS) is 16.4. The minimum Gasteiger partial charge on any atom is -0.368 e. The second-order valence-electron chi connectivity index (χ2n) is 7.67. The molecule has 2 aliphatic heterocycles. The van der Waals surface area contributed by atoms with Crippen molar-refractivity contribution in [1.29, 1.82) is 0 Å². The molecule has 0 bridgehead atoms. The second kappa shape index (κ2) is 9.49. The fraction of sp³-hybridized carbons (Fsp3) is 0.391. The molecule has 2 aliphatic rings. The first-order valence-corrected chi connectivity index (χ1v) is 10.7. The molecule has 2 aromatic rings. The summed E-state index contributed by atoms with van der Waals surface area (Å²) in [6, 6.07) is 15.9. The van der Waals surface area contributed by atoms with E-state index in [0.29, 0.717) is 31.2 Å². The molecule has 0 atom stereocenters. The average Bonchev–Trinajstić information content (AvgIpc) is 2.78. The van der Waals surface area contributed by atoms with Crippen molar-refractivity contribution in [3.05, 3.63) is 64.7 Å². The number of anilines is 1. The largest absolute Gasteiger partial charge is 0.368 e. The lowest BCUT2D eigenvalue weighted by molar-refractivity contribution is -0.142. The van der Waals surface area contributed by atoms with Crippen molar-refractivity contribution < 1.29 is 14.3 Å². The maximum Gasteiger partial charge on any atom is 0.248 e. The van der Waals surface area contributed by atoms with Crippen molar-refractivity contribution in [3.63, 3.8) is 0 Å². The summed E-state index contributed by atoms with van der Waals surface area (Å²) in [5.41, 5.74) is 3.56. The monoisotopic (exact) mass is 427 g/mol. The van der Waals surface area contributed by atoms with Crippen LogP contribution in [-0.2, 0) is 27.3 Å². The molecule has 0 saturated carbocycles. The van der Waals surface area contributed by atoms with Gasteiger partial charge < -0.3 is 19.4 Å². The first-order chi connectivity index (χ1) is 14.6. The van der Waals surface area contributed by atoms with E-state index < -0.39 is 0 Å². The van der Waals surface area contributed by atoms with Gasteiger partial charge in [0.2, 0.25) is 11.8 Å². The van der Waals surface area contributed by atoms with Crippen molar-refractivity contribution in [3.8, 4) is 0 Å². The topological polar surface area (TPSA) is 53.1 Å². The minimum absolute atomic E-state index is 0.0591. The van der Waals surface area contributed by atoms with Crippen molar-refractivity contribution in [2.24, 2.45) is 0 Å². The number of halogens is 1. The van der Waals surface area contributed by atoms with E-state index in [1.165, 1.54) is 11.1 Å². The highest BCUT2D eigenvalue weighted by Crippen LogP contribution is 2.21. The fourth-order valence-electron chi connectivity index (χ4n) is 4.00. The third-order valence-electron chi connectivity index (χ3n) is 5.74. The summed E-state index contributed by atoms with van der Waals surface area (Å²) in [4.78, 5) is 30.7. The van der Waals surface area contributed by atoms with Gasteiger partial charge in [0.1, 0.15) is 13.2 Å². The number of carbonyl (C=O) groups is 2. The summed E-state index contributed by atoms with van der Waals surface area (Å²) < 4.78 is 5.47. The smallest absolute Gasteiger partial charge is 0.248 e. The fourth-order valence-corrected chi connectivity index (χ4v) is 4.19. The van der Waals surface area contributed by atoms with Crippen LogP contribution in [0.15, 0.2) is 48.5 Å². The molecule has 30 heavy (non-hydrogen) atoms. The van der Waals surface area contributed by atoms with Crippen LogP contribution in [0.25, 0.3) is 0 Å². The molecule has 0 aromatic heterocycles. The van der Waals surface area contributed by atoms with Gasteiger partial charge >= 0.3 is 0 Å². The van der Waals surface area contributed by atoms with Crippen LogP contribution in [0.5, 0.6) is 0 Å². The van der Waals surface area contributed by atoms with E-state index in [-0.39, 0.29) is 25.0 Å². The Kier molecular flexibility index (Phi) is 6.55. The number of carbonyl (C=O) groups excluding carboxylic acids is 2. The van der Waals surface area contributed by atoms with Crippen LogP contribution < -0.4 is 4.90 Å². The highest BCUT2D eigenvalue weighted by Gasteiger charge is 2.23. The SMILES string of the molecule is O=C(COCC(=O)N1CCc2ccccc2C1)N1CCN(c2cccc(Cl)c2)CC1. The first kappa shape index (κ1) is 20.7. The first-order valence-electron chi connectivity index (χ1n) is 10.3. The van der Waals surface area contributed by atoms with Gasteiger partial charge in [-0.05, 0) is 35.7 Å². The molecule has 6 nitrogen and oxygen atoms in total. The van der Waals surface area contributed by atoms with Crippen LogP contribution in [0.3, 0.4) is 0 Å². The van der Waals surface area contributed by atoms with Gasteiger partial charge in [0.25, 0.3) is 0 Å². The molecule has 7 heteroatoms. The van der Waals surface area contributed by atoms with Gasteiger partial charge in [-0.25, -0.2) is 0 Å². The molecule has 2 heterocycles. The van der Waals surface area contributed by atoms with Crippen LogP contribution in [-0.4, -0.2) is 67.6 Å². The Balaban J connectivity index is 1.19. The van der Waals surface area contributed by atoms with Crippen LogP contribution in [0.2, 0.25) is 5.02 Å². The summed E-state index contributed by atoms with van der Waals surface area (Å²) in [5.74, 6) is -0.138. The molecule has 2 amide bonds. The standard InChI is InChI=1S/C23H26ClN3O3/c24-20-6-3-7-21(14-20)25-10-12-26(13-11-25)22(28)16-30-17-23(29)27-9-8-18-4-1-2-5-19(18)15-27/h1-7,14H,8-13,15-17H2. The Bertz CT molecular complexity index is 912. The van der Waals surface area contributed by atoms with E-state index in [4.69, 9.17) is 16.3 Å². The Morgan fingerprint density at radius 3 is 2.27 bits per heavy atom. The molecule has 0 aliphatic carbocycles. The second-order valence-corrected chi connectivity index (χ2v) is 8.11. The van der Waals surface area contributed by atoms with E-state index in [1.54, 1.807) is 9.80 Å². The summed E-state index contributed by atoms with van der Waals surface area (Å²) in [7, 11) is 0. The Hall–Kier alpha value is -2.57. The molecular formula is C23H26ClN3O3. The lowest BCUT2D eigenvalue weighted by Crippen LogP contribution is -2.50. The van der Waals surface area contributed by atoms with Crippen molar-refractivity contribution in [2.75, 3.05) is 50.8 Å². The van der Waals surface area contributed by atoms with Gasteiger partial charge in [-0.1, -0.05) is 41.9 Å². The van der Waals surface area contributed by atoms with Crippen LogP contribution in [0, 0.1) is 0 Å². The number of ether oxygens (including phenoxy) is 1. The van der Waals surface area contributed by atoms with Gasteiger partial charge in [0.05, 0.1) is 0 Å². The van der Waals surface area contributed by atoms with E-state index >= 15 is 0 Å². The van der Waals surface area contributed by atoms with Gasteiger partial charge in [0.15, 0.2) is 0 Å². The average molecular weight is 428 g/mol. The maximum absolute atomic E-state index is 12.5. The van der Waals surface area contributed by atoms with Crippen molar-refractivity contribution >= 4 is 29.1 Å². The Morgan fingerprint density at radius 1 is 0.833 bits per heavy atom. The lowest BCUT2D eigenvalue weighted by atomic mass is 10.00. The summed E-state index contributed by atoms with van der Waals surface area (Å²) >= 11 is 6.07.